The minimum Gasteiger partial charge on any atom is -0.459 e. The summed E-state index contributed by atoms with van der Waals surface area (Å²) < 4.78 is 76.6. The lowest BCUT2D eigenvalue weighted by molar-refractivity contribution is -0.319. The standard InChI is InChI=1S/C40H71NO14.C12H26O4S/c1-15-27-40(11,48)33(44)22(5)30(43)20(3)18-38(9,47)35(55-37-32(53-28(42)16-2)26(41(12)13)17-21(4)50-37)23(6)31(24(7)36(46)52-27)54-29-19-39(10,49-14)34(45)25(8)51-29;1-2-3-4-5-6-7-8-9-10-11-12-16-17(13,14)15/h20-27,29,31-35,37,44-45,47-48H,15-19H2,1-14H3;2-12H2,1H3,(H,13,14,15)/t20-,21-,22+,23-,24-,25+,26+,27-,29+,31+,32-,33+,34+,35-,37+,38-,39-,40-;/m1./s1. The number of aliphatic hydroxyl groups is 4. The number of carbonyl (C=O) groups excluding carboxylic acids is 3. The van der Waals surface area contributed by atoms with Gasteiger partial charge in [0.1, 0.15) is 23.6 Å². The molecule has 0 aliphatic carbocycles. The van der Waals surface area contributed by atoms with Gasteiger partial charge in [0.25, 0.3) is 0 Å². The Morgan fingerprint density at radius 3 is 1.88 bits per heavy atom. The number of methoxy groups -OCH3 is 1. The van der Waals surface area contributed by atoms with E-state index in [1.807, 2.05) is 25.9 Å². The van der Waals surface area contributed by atoms with Crippen LogP contribution in [0.1, 0.15) is 179 Å². The van der Waals surface area contributed by atoms with Crippen LogP contribution in [0, 0.1) is 23.7 Å². The van der Waals surface area contributed by atoms with Gasteiger partial charge in [-0.1, -0.05) is 99.3 Å². The molecule has 3 saturated heterocycles. The second kappa shape index (κ2) is 30.1. The predicted octanol–water partition coefficient (Wildman–Crippen LogP) is 6.47. The van der Waals surface area contributed by atoms with Crippen molar-refractivity contribution < 1.29 is 85.1 Å². The summed E-state index contributed by atoms with van der Waals surface area (Å²) in [6.45, 7) is 20.3. The summed E-state index contributed by atoms with van der Waals surface area (Å²) >= 11 is 0. The van der Waals surface area contributed by atoms with Gasteiger partial charge >= 0.3 is 22.3 Å². The maximum Gasteiger partial charge on any atom is 0.397 e. The van der Waals surface area contributed by atoms with Gasteiger partial charge in [-0.25, -0.2) is 4.18 Å². The second-order valence-corrected chi connectivity index (χ2v) is 22.8. The number of esters is 2. The van der Waals surface area contributed by atoms with Crippen molar-refractivity contribution >= 4 is 28.1 Å². The Balaban J connectivity index is 0.000000887. The number of ketones is 1. The molecule has 3 rings (SSSR count). The Kier molecular flexibility index (Phi) is 27.7. The first-order valence-electron chi connectivity index (χ1n) is 26.6. The van der Waals surface area contributed by atoms with Gasteiger partial charge in [-0.3, -0.25) is 18.9 Å². The van der Waals surface area contributed by atoms with Gasteiger partial charge in [0.05, 0.1) is 60.3 Å². The molecule has 3 heterocycles. The fraction of sp³-hybridized carbons (Fsp3) is 0.942. The van der Waals surface area contributed by atoms with Gasteiger partial charge in [0, 0.05) is 37.7 Å². The smallest absolute Gasteiger partial charge is 0.397 e. The third-order valence-corrected chi connectivity index (χ3v) is 15.5. The van der Waals surface area contributed by atoms with Crippen molar-refractivity contribution in [2.45, 2.75) is 264 Å². The van der Waals surface area contributed by atoms with Gasteiger partial charge in [0.15, 0.2) is 18.7 Å². The van der Waals surface area contributed by atoms with Gasteiger partial charge in [0.2, 0.25) is 0 Å². The summed E-state index contributed by atoms with van der Waals surface area (Å²) in [5.41, 5.74) is -4.92. The molecule has 20 heteroatoms. The Morgan fingerprint density at radius 2 is 1.36 bits per heavy atom. The van der Waals surface area contributed by atoms with E-state index in [-0.39, 0.29) is 44.4 Å². The fourth-order valence-corrected chi connectivity index (χ4v) is 10.8. The number of aliphatic hydroxyl groups excluding tert-OH is 2. The van der Waals surface area contributed by atoms with Crippen molar-refractivity contribution in [3.8, 4) is 0 Å². The van der Waals surface area contributed by atoms with E-state index in [4.69, 9.17) is 37.7 Å². The summed E-state index contributed by atoms with van der Waals surface area (Å²) in [6.07, 6.45) is 2.17. The zero-order valence-electron chi connectivity index (χ0n) is 46.4. The lowest BCUT2D eigenvalue weighted by Crippen LogP contribution is -2.61. The maximum atomic E-state index is 14.2. The lowest BCUT2D eigenvalue weighted by Gasteiger charge is -2.49. The Hall–Kier alpha value is -1.92. The van der Waals surface area contributed by atoms with Crippen molar-refractivity contribution in [1.29, 1.82) is 0 Å². The van der Waals surface area contributed by atoms with Crippen LogP contribution < -0.4 is 0 Å². The molecule has 72 heavy (non-hydrogen) atoms. The van der Waals surface area contributed by atoms with Crippen LogP contribution in [0.15, 0.2) is 0 Å². The molecule has 0 radical (unpaired) electrons. The highest BCUT2D eigenvalue weighted by Gasteiger charge is 2.54. The minimum absolute atomic E-state index is 0.0760. The number of unbranched alkanes of at least 4 members (excludes halogenated alkanes) is 9. The quantitative estimate of drug-likeness (QED) is 0.0468. The highest BCUT2D eigenvalue weighted by atomic mass is 32.3. The molecule has 0 aromatic rings. The molecule has 0 spiro atoms. The lowest BCUT2D eigenvalue weighted by atomic mass is 9.74. The Bertz CT molecular complexity index is 1730. The van der Waals surface area contributed by atoms with Crippen molar-refractivity contribution in [1.82, 2.24) is 4.90 Å². The third-order valence-electron chi connectivity index (χ3n) is 15.1. The topological polar surface area (TPSA) is 264 Å². The first-order valence-corrected chi connectivity index (χ1v) is 28.0. The molecule has 3 aliphatic heterocycles. The number of Topliss-reactive ketones (excluding diaryl/α,β-unsaturated/α-hetero) is 1. The number of ether oxygens (including phenoxy) is 7. The van der Waals surface area contributed by atoms with E-state index in [1.165, 1.54) is 72.8 Å². The van der Waals surface area contributed by atoms with E-state index in [2.05, 4.69) is 11.1 Å². The number of rotatable bonds is 21. The molecule has 0 unspecified atom stereocenters. The predicted molar refractivity (Wildman–Crippen MR) is 270 cm³/mol. The SMILES string of the molecule is CCC(=O)O[C@H]1[C@H](O[C@@H]2[C@H](C)[C@H](O[C@H]3C[C@@](C)(OC)[C@@H](O)[C@H](C)O3)[C@@H](C)C(=O)O[C@H](CC)[C@@](C)(O)[C@@H](O)[C@@H](C)C(=O)[C@H](C)C[C@@]2(C)O)O[C@H](C)C[C@@H]1N(C)C.CCCCCCCCCCCCOS(=O)(=O)O. The van der Waals surface area contributed by atoms with Crippen molar-refractivity contribution in [2.24, 2.45) is 23.7 Å². The van der Waals surface area contributed by atoms with Crippen LogP contribution in [-0.4, -0.2) is 168 Å². The number of carbonyl (C=O) groups is 3. The molecule has 5 N–H and O–H groups in total. The minimum atomic E-state index is -4.23. The van der Waals surface area contributed by atoms with E-state index in [1.54, 1.807) is 48.5 Å². The molecule has 18 atom stereocenters. The maximum absolute atomic E-state index is 14.2. The van der Waals surface area contributed by atoms with Gasteiger partial charge in [-0.2, -0.15) is 8.42 Å². The van der Waals surface area contributed by atoms with Crippen molar-refractivity contribution in [3.63, 3.8) is 0 Å². The highest BCUT2D eigenvalue weighted by molar-refractivity contribution is 7.80. The van der Waals surface area contributed by atoms with Crippen LogP contribution in [0.3, 0.4) is 0 Å². The van der Waals surface area contributed by atoms with Crippen molar-refractivity contribution in [3.05, 3.63) is 0 Å². The van der Waals surface area contributed by atoms with Gasteiger partial charge in [-0.05, 0) is 81.3 Å². The summed E-state index contributed by atoms with van der Waals surface area (Å²) in [4.78, 5) is 42.9. The summed E-state index contributed by atoms with van der Waals surface area (Å²) in [6, 6.07) is -0.319. The number of cyclic esters (lactones) is 1. The zero-order chi connectivity index (χ0) is 54.9. The largest absolute Gasteiger partial charge is 0.459 e. The summed E-state index contributed by atoms with van der Waals surface area (Å²) in [5, 5.41) is 46.6. The molecule has 19 nitrogen and oxygen atoms in total. The molecule has 0 aromatic carbocycles. The average Bonchev–Trinajstić information content (AvgIpc) is 3.30. The molecule has 0 bridgehead atoms. The van der Waals surface area contributed by atoms with Crippen LogP contribution in [0.25, 0.3) is 0 Å². The number of likely N-dealkylation sites (N-methyl/N-ethyl adjacent to an activating group) is 1. The first-order chi connectivity index (χ1) is 33.4. The molecule has 0 aromatic heterocycles. The molecule has 3 fully saturated rings. The van der Waals surface area contributed by atoms with Crippen LogP contribution in [0.5, 0.6) is 0 Å². The first kappa shape index (κ1) is 66.2. The zero-order valence-corrected chi connectivity index (χ0v) is 47.2. The fourth-order valence-electron chi connectivity index (χ4n) is 10.5. The number of hydrogen-bond acceptors (Lipinski definition) is 18. The Morgan fingerprint density at radius 1 is 0.792 bits per heavy atom. The molecule has 3 aliphatic rings. The van der Waals surface area contributed by atoms with E-state index in [0.29, 0.717) is 12.8 Å². The summed E-state index contributed by atoms with van der Waals surface area (Å²) in [7, 11) is 0.973. The molecular formula is C52H97NO18S. The average molecular weight is 1060 g/mol. The highest BCUT2D eigenvalue weighted by Crippen LogP contribution is 2.41. The molecule has 0 amide bonds. The van der Waals surface area contributed by atoms with Crippen LogP contribution >= 0.6 is 0 Å². The van der Waals surface area contributed by atoms with Crippen LogP contribution in [0.4, 0.5) is 0 Å². The second-order valence-electron chi connectivity index (χ2n) is 21.7. The van der Waals surface area contributed by atoms with E-state index < -0.39 is 124 Å². The number of hydrogen-bond donors (Lipinski definition) is 5. The van der Waals surface area contributed by atoms with Crippen molar-refractivity contribution in [2.75, 3.05) is 27.8 Å². The Labute approximate surface area is 432 Å². The normalized spacial score (nSPS) is 38.6. The van der Waals surface area contributed by atoms with E-state index in [0.717, 1.165) is 12.8 Å². The van der Waals surface area contributed by atoms with Crippen LogP contribution in [0.2, 0.25) is 0 Å². The summed E-state index contributed by atoms with van der Waals surface area (Å²) in [5.74, 6) is -5.59. The van der Waals surface area contributed by atoms with Crippen LogP contribution in [-0.2, 0) is 62.1 Å². The van der Waals surface area contributed by atoms with Gasteiger partial charge in [-0.15, -0.1) is 0 Å². The monoisotopic (exact) mass is 1060 g/mol. The van der Waals surface area contributed by atoms with Gasteiger partial charge < -0.3 is 58.5 Å². The molecular weight excluding hydrogens is 959 g/mol. The molecule has 0 saturated carbocycles. The van der Waals surface area contributed by atoms with E-state index >= 15 is 0 Å². The third kappa shape index (κ3) is 19.6. The van der Waals surface area contributed by atoms with E-state index in [9.17, 15) is 43.2 Å². The number of nitrogens with zero attached hydrogens (tertiary/aromatic N) is 1. The molecule has 424 valence electrons.